The smallest absolute Gasteiger partial charge is 0.239 e. The molecular weight excluding hydrogens is 765 g/mol. The van der Waals surface area contributed by atoms with E-state index in [0.717, 1.165) is 65.2 Å². The third-order valence-electron chi connectivity index (χ3n) is 11.9. The van der Waals surface area contributed by atoms with Crippen molar-refractivity contribution in [2.24, 2.45) is 22.9 Å². The molecule has 0 aromatic heterocycles. The molecule has 0 bridgehead atoms. The molecule has 1 saturated carbocycles. The molecule has 3 aromatic carbocycles. The summed E-state index contributed by atoms with van der Waals surface area (Å²) in [5.74, 6) is 1.17. The van der Waals surface area contributed by atoms with Crippen molar-refractivity contribution in [3.8, 4) is 23.0 Å². The Bertz CT molecular complexity index is 1920. The maximum atomic E-state index is 14.8. The summed E-state index contributed by atoms with van der Waals surface area (Å²) >= 11 is 1.68. The number of thioether (sulfide) groups is 1. The Morgan fingerprint density at radius 2 is 1.76 bits per heavy atom. The van der Waals surface area contributed by atoms with E-state index >= 15 is 0 Å². The van der Waals surface area contributed by atoms with Crippen LogP contribution in [0.2, 0.25) is 0 Å². The minimum absolute atomic E-state index is 0.0470. The number of aliphatic hydroxyl groups is 2. The Kier molecular flexibility index (Phi) is 16.0. The summed E-state index contributed by atoms with van der Waals surface area (Å²) in [6.45, 7) is 9.38. The number of carbonyl (C=O) groups excluding carboxylic acids is 1. The van der Waals surface area contributed by atoms with E-state index in [9.17, 15) is 15.0 Å². The van der Waals surface area contributed by atoms with Gasteiger partial charge in [0.1, 0.15) is 35.6 Å². The summed E-state index contributed by atoms with van der Waals surface area (Å²) < 4.78 is 26.5. The SMILES string of the molecule is C=CCOC12Oc3ccc(Oc4ccc(SC)cc4)cc3C3C(CCCCO)C(CCCCO)C=C(C(=NOCC)CC1N(CCC)C(=O)Cc1cccc(OC)c1)C32. The van der Waals surface area contributed by atoms with Gasteiger partial charge in [-0.1, -0.05) is 49.2 Å². The maximum Gasteiger partial charge on any atom is 0.239 e. The van der Waals surface area contributed by atoms with Crippen molar-refractivity contribution in [2.75, 3.05) is 46.3 Å². The lowest BCUT2D eigenvalue weighted by molar-refractivity contribution is -0.257. The van der Waals surface area contributed by atoms with Crippen molar-refractivity contribution in [2.45, 2.75) is 94.3 Å². The number of methoxy groups -OCH3 is 1. The van der Waals surface area contributed by atoms with Crippen LogP contribution in [0, 0.1) is 17.8 Å². The van der Waals surface area contributed by atoms with Gasteiger partial charge in [0, 0.05) is 42.6 Å². The van der Waals surface area contributed by atoms with Crippen molar-refractivity contribution in [3.63, 3.8) is 0 Å². The van der Waals surface area contributed by atoms with E-state index < -0.39 is 11.8 Å². The highest BCUT2D eigenvalue weighted by Gasteiger charge is 2.65. The molecule has 318 valence electrons. The number of rotatable bonds is 22. The molecule has 6 unspecified atom stereocenters. The van der Waals surface area contributed by atoms with E-state index in [1.54, 1.807) is 24.9 Å². The van der Waals surface area contributed by atoms with Crippen molar-refractivity contribution in [1.29, 1.82) is 0 Å². The Morgan fingerprint density at radius 3 is 2.46 bits per heavy atom. The van der Waals surface area contributed by atoms with E-state index in [4.69, 9.17) is 28.9 Å². The zero-order chi connectivity index (χ0) is 41.8. The molecule has 2 N–H and O–H groups in total. The molecule has 3 aliphatic rings. The largest absolute Gasteiger partial charge is 0.497 e. The maximum absolute atomic E-state index is 14.8. The fourth-order valence-corrected chi connectivity index (χ4v) is 9.80. The number of ether oxygens (including phenoxy) is 4. The molecule has 0 saturated heterocycles. The predicted octanol–water partition coefficient (Wildman–Crippen LogP) is 9.34. The van der Waals surface area contributed by atoms with E-state index in [1.165, 1.54) is 0 Å². The van der Waals surface area contributed by atoms with Crippen LogP contribution in [0.5, 0.6) is 23.0 Å². The van der Waals surface area contributed by atoms with Gasteiger partial charge >= 0.3 is 0 Å². The lowest BCUT2D eigenvalue weighted by Crippen LogP contribution is -2.70. The van der Waals surface area contributed by atoms with Gasteiger partial charge < -0.3 is 38.9 Å². The van der Waals surface area contributed by atoms with Crippen molar-refractivity contribution >= 4 is 23.4 Å². The summed E-state index contributed by atoms with van der Waals surface area (Å²) in [4.78, 5) is 23.8. The van der Waals surface area contributed by atoms with Gasteiger partial charge in [0.2, 0.25) is 11.7 Å². The highest BCUT2D eigenvalue weighted by atomic mass is 32.2. The van der Waals surface area contributed by atoms with Gasteiger partial charge in [-0.2, -0.15) is 0 Å². The topological polar surface area (TPSA) is 119 Å². The Balaban J connectivity index is 1.56. The number of aliphatic hydroxyl groups excluding tert-OH is 2. The number of unbranched alkanes of at least 4 members (excludes halogenated alkanes) is 2. The van der Waals surface area contributed by atoms with Gasteiger partial charge in [-0.05, 0) is 123 Å². The van der Waals surface area contributed by atoms with Crippen molar-refractivity contribution in [1.82, 2.24) is 4.90 Å². The molecular formula is C48H62N2O8S. The molecule has 1 heterocycles. The highest BCUT2D eigenvalue weighted by molar-refractivity contribution is 7.98. The number of benzene rings is 3. The third kappa shape index (κ3) is 10.0. The van der Waals surface area contributed by atoms with Crippen LogP contribution in [0.15, 0.2) is 101 Å². The van der Waals surface area contributed by atoms with Crippen LogP contribution in [0.25, 0.3) is 0 Å². The minimum atomic E-state index is -1.32. The summed E-state index contributed by atoms with van der Waals surface area (Å²) in [5, 5.41) is 24.6. The number of allylic oxidation sites excluding steroid dienone is 1. The first-order valence-corrected chi connectivity index (χ1v) is 22.5. The van der Waals surface area contributed by atoms with Crippen LogP contribution in [0.1, 0.15) is 82.3 Å². The highest BCUT2D eigenvalue weighted by Crippen LogP contribution is 2.62. The van der Waals surface area contributed by atoms with E-state index in [-0.39, 0.29) is 55.8 Å². The normalized spacial score (nSPS) is 23.7. The van der Waals surface area contributed by atoms with Gasteiger partial charge in [0.25, 0.3) is 0 Å². The first-order valence-electron chi connectivity index (χ1n) is 21.3. The number of carbonyl (C=O) groups is 1. The molecule has 11 heteroatoms. The van der Waals surface area contributed by atoms with Gasteiger partial charge in [0.15, 0.2) is 0 Å². The van der Waals surface area contributed by atoms with Crippen LogP contribution in [0.3, 0.4) is 0 Å². The van der Waals surface area contributed by atoms with Gasteiger partial charge in [-0.3, -0.25) is 4.79 Å². The van der Waals surface area contributed by atoms with Crippen molar-refractivity contribution in [3.05, 3.63) is 102 Å². The zero-order valence-corrected chi connectivity index (χ0v) is 36.0. The van der Waals surface area contributed by atoms with Crippen LogP contribution in [-0.4, -0.2) is 84.9 Å². The number of oxime groups is 1. The molecule has 6 rings (SSSR count). The molecule has 59 heavy (non-hydrogen) atoms. The Morgan fingerprint density at radius 1 is 1.00 bits per heavy atom. The molecule has 1 aliphatic heterocycles. The third-order valence-corrected chi connectivity index (χ3v) is 12.6. The average molecular weight is 827 g/mol. The van der Waals surface area contributed by atoms with Crippen LogP contribution < -0.4 is 14.2 Å². The second kappa shape index (κ2) is 21.3. The molecule has 1 fully saturated rings. The molecule has 2 aliphatic carbocycles. The molecule has 6 atom stereocenters. The summed E-state index contributed by atoms with van der Waals surface area (Å²) in [6.07, 6.45) is 12.2. The summed E-state index contributed by atoms with van der Waals surface area (Å²) in [7, 11) is 1.63. The lowest BCUT2D eigenvalue weighted by atomic mass is 9.55. The van der Waals surface area contributed by atoms with Crippen LogP contribution in [-0.2, 0) is 20.8 Å². The lowest BCUT2D eigenvalue weighted by Gasteiger charge is -2.60. The molecule has 3 aromatic rings. The summed E-state index contributed by atoms with van der Waals surface area (Å²) in [6, 6.07) is 21.2. The molecule has 10 nitrogen and oxygen atoms in total. The molecule has 0 radical (unpaired) electrons. The van der Waals surface area contributed by atoms with Gasteiger partial charge in [-0.25, -0.2) is 0 Å². The average Bonchev–Trinajstić information content (AvgIpc) is 3.25. The predicted molar refractivity (Wildman–Crippen MR) is 234 cm³/mol. The van der Waals surface area contributed by atoms with E-state index in [2.05, 4.69) is 44.0 Å². The van der Waals surface area contributed by atoms with Crippen LogP contribution >= 0.6 is 11.8 Å². The number of hydrogen-bond donors (Lipinski definition) is 2. The molecule has 0 spiro atoms. The number of nitrogens with zero attached hydrogens (tertiary/aromatic N) is 2. The van der Waals surface area contributed by atoms with E-state index in [0.29, 0.717) is 49.7 Å². The van der Waals surface area contributed by atoms with Gasteiger partial charge in [0.05, 0.1) is 31.8 Å². The zero-order valence-electron chi connectivity index (χ0n) is 35.1. The second-order valence-electron chi connectivity index (χ2n) is 15.6. The fourth-order valence-electron chi connectivity index (χ4n) is 9.39. The number of fused-ring (bicyclic) bond motifs is 2. The number of amides is 1. The first-order chi connectivity index (χ1) is 28.8. The first kappa shape index (κ1) is 44.3. The minimum Gasteiger partial charge on any atom is -0.497 e. The second-order valence-corrected chi connectivity index (χ2v) is 16.5. The standard InChI is InChI=1S/C48H62N2O8S/c1-6-24-50(45(53)29-33-14-13-16-36(28-33)54-4)44-32-42(49-56-8-3)40-30-34(15-9-11-25-51)39(17-10-12-26-52)46-41-31-37(57-35-18-21-38(59-5)22-19-35)20-23-43(41)58-48(44,47(40)46)55-27-7-2/h7,13-14,16,18-23,28,30-31,34,39,44,46-47,51-52H,2,6,8-12,15,17,24-27,29,32H2,1,3-5H3. The fraction of sp³-hybridized carbons (Fsp3) is 0.500. The molecule has 1 amide bonds. The van der Waals surface area contributed by atoms with Crippen molar-refractivity contribution < 1.29 is 38.8 Å². The van der Waals surface area contributed by atoms with Gasteiger partial charge in [-0.15, -0.1) is 18.3 Å². The van der Waals surface area contributed by atoms with Crippen LogP contribution in [0.4, 0.5) is 0 Å². The monoisotopic (exact) mass is 826 g/mol. The van der Waals surface area contributed by atoms with E-state index in [1.807, 2.05) is 60.4 Å². The number of hydrogen-bond acceptors (Lipinski definition) is 10. The Hall–Kier alpha value is -4.29. The Labute approximate surface area is 354 Å². The quantitative estimate of drug-likeness (QED) is 0.0442. The summed E-state index contributed by atoms with van der Waals surface area (Å²) in [5.41, 5.74) is 3.66.